The molecule has 2 aromatic heterocycles. The van der Waals surface area contributed by atoms with Gasteiger partial charge in [-0.05, 0) is 49.4 Å². The van der Waals surface area contributed by atoms with Crippen LogP contribution in [0.4, 0.5) is 20.6 Å². The van der Waals surface area contributed by atoms with E-state index in [2.05, 4.69) is 20.6 Å². The number of carbonyl (C=O) groups excluding carboxylic acids is 1. The number of aryl methyl sites for hydroxylation is 1. The highest BCUT2D eigenvalue weighted by molar-refractivity contribution is 6.00. The Kier molecular flexibility index (Phi) is 4.25. The highest BCUT2D eigenvalue weighted by Gasteiger charge is 2.12. The molecule has 0 saturated carbocycles. The minimum Gasteiger partial charge on any atom is -0.308 e. The summed E-state index contributed by atoms with van der Waals surface area (Å²) in [5.41, 5.74) is 3.77. The quantitative estimate of drug-likeness (QED) is 0.565. The maximum absolute atomic E-state index is 12.9. The van der Waals surface area contributed by atoms with Crippen molar-refractivity contribution in [2.24, 2.45) is 0 Å². The summed E-state index contributed by atoms with van der Waals surface area (Å²) in [7, 11) is 0. The summed E-state index contributed by atoms with van der Waals surface area (Å²) in [6.45, 7) is 1.97. The molecule has 7 heteroatoms. The zero-order valence-electron chi connectivity index (χ0n) is 14.5. The molecular weight excluding hydrogens is 345 g/mol. The molecule has 0 aliphatic carbocycles. The van der Waals surface area contributed by atoms with Crippen LogP contribution in [0.15, 0.2) is 67.0 Å². The van der Waals surface area contributed by atoms with Gasteiger partial charge in [-0.25, -0.2) is 19.2 Å². The van der Waals surface area contributed by atoms with Crippen LogP contribution >= 0.6 is 0 Å². The predicted octanol–water partition coefficient (Wildman–Crippen LogP) is 4.49. The Morgan fingerprint density at radius 2 is 1.81 bits per heavy atom. The van der Waals surface area contributed by atoms with E-state index in [4.69, 9.17) is 0 Å². The van der Waals surface area contributed by atoms with E-state index in [-0.39, 0.29) is 5.82 Å². The molecule has 6 nitrogen and oxygen atoms in total. The SMILES string of the molecule is Cc1c(-c2cccc(NC(=O)Nc3ccc(F)cc3)c2)nc2ncccn12. The van der Waals surface area contributed by atoms with Gasteiger partial charge in [0.15, 0.2) is 0 Å². The molecule has 0 atom stereocenters. The average Bonchev–Trinajstić information content (AvgIpc) is 3.01. The third-order valence-corrected chi connectivity index (χ3v) is 4.14. The maximum atomic E-state index is 12.9. The Morgan fingerprint density at radius 1 is 1.04 bits per heavy atom. The van der Waals surface area contributed by atoms with Gasteiger partial charge in [-0.3, -0.25) is 4.40 Å². The van der Waals surface area contributed by atoms with Gasteiger partial charge in [0.2, 0.25) is 5.78 Å². The lowest BCUT2D eigenvalue weighted by Crippen LogP contribution is -2.19. The van der Waals surface area contributed by atoms with E-state index in [0.29, 0.717) is 17.2 Å². The summed E-state index contributed by atoms with van der Waals surface area (Å²) in [6, 6.07) is 14.4. The van der Waals surface area contributed by atoms with Crippen molar-refractivity contribution in [3.63, 3.8) is 0 Å². The van der Waals surface area contributed by atoms with Gasteiger partial charge in [0, 0.05) is 35.0 Å². The van der Waals surface area contributed by atoms with Crippen molar-refractivity contribution in [3.05, 3.63) is 78.5 Å². The van der Waals surface area contributed by atoms with Crippen LogP contribution in [0.25, 0.3) is 17.0 Å². The minimum atomic E-state index is -0.410. The van der Waals surface area contributed by atoms with Crippen LogP contribution in [0.1, 0.15) is 5.69 Å². The maximum Gasteiger partial charge on any atom is 0.323 e. The molecular formula is C20H16FN5O. The van der Waals surface area contributed by atoms with Gasteiger partial charge in [-0.1, -0.05) is 12.1 Å². The second-order valence-corrected chi connectivity index (χ2v) is 6.00. The Morgan fingerprint density at radius 3 is 2.59 bits per heavy atom. The molecule has 2 amide bonds. The summed E-state index contributed by atoms with van der Waals surface area (Å²) in [5, 5.41) is 5.44. The van der Waals surface area contributed by atoms with E-state index in [1.807, 2.05) is 41.8 Å². The molecule has 27 heavy (non-hydrogen) atoms. The first-order chi connectivity index (χ1) is 13.1. The third kappa shape index (κ3) is 3.48. The van der Waals surface area contributed by atoms with Crippen molar-refractivity contribution in [2.45, 2.75) is 6.92 Å². The number of nitrogens with zero attached hydrogens (tertiary/aromatic N) is 3. The molecule has 2 heterocycles. The molecule has 0 aliphatic rings. The topological polar surface area (TPSA) is 71.3 Å². The first-order valence-electron chi connectivity index (χ1n) is 8.34. The summed E-state index contributed by atoms with van der Waals surface area (Å²) in [4.78, 5) is 21.0. The molecule has 0 spiro atoms. The Balaban J connectivity index is 1.56. The summed E-state index contributed by atoms with van der Waals surface area (Å²) in [5.74, 6) is 0.267. The molecule has 4 rings (SSSR count). The van der Waals surface area contributed by atoms with Gasteiger partial charge in [-0.15, -0.1) is 0 Å². The number of hydrogen-bond donors (Lipinski definition) is 2. The highest BCUT2D eigenvalue weighted by atomic mass is 19.1. The second-order valence-electron chi connectivity index (χ2n) is 6.00. The van der Waals surface area contributed by atoms with Crippen LogP contribution in [0.2, 0.25) is 0 Å². The number of anilines is 2. The van der Waals surface area contributed by atoms with Crippen molar-refractivity contribution in [1.29, 1.82) is 0 Å². The normalized spacial score (nSPS) is 10.7. The minimum absolute atomic E-state index is 0.356. The second kappa shape index (κ2) is 6.87. The number of benzene rings is 2. The number of imidazole rings is 1. The van der Waals surface area contributed by atoms with Crippen LogP contribution < -0.4 is 10.6 Å². The smallest absolute Gasteiger partial charge is 0.308 e. The van der Waals surface area contributed by atoms with Crippen molar-refractivity contribution >= 4 is 23.2 Å². The Bertz CT molecular complexity index is 1120. The fourth-order valence-electron chi connectivity index (χ4n) is 2.85. The number of rotatable bonds is 3. The standard InChI is InChI=1S/C20H16FN5O/c1-13-18(25-19-22-10-3-11-26(13)19)14-4-2-5-17(12-14)24-20(27)23-16-8-6-15(21)7-9-16/h2-12H,1H3,(H2,23,24,27). The van der Waals surface area contributed by atoms with E-state index < -0.39 is 6.03 Å². The van der Waals surface area contributed by atoms with Crippen LogP contribution in [-0.4, -0.2) is 20.4 Å². The van der Waals surface area contributed by atoms with Crippen LogP contribution in [0, 0.1) is 12.7 Å². The first kappa shape index (κ1) is 16.7. The highest BCUT2D eigenvalue weighted by Crippen LogP contribution is 2.25. The van der Waals surface area contributed by atoms with Crippen molar-refractivity contribution in [1.82, 2.24) is 14.4 Å². The molecule has 134 valence electrons. The summed E-state index contributed by atoms with van der Waals surface area (Å²) >= 11 is 0. The van der Waals surface area contributed by atoms with Crippen molar-refractivity contribution in [2.75, 3.05) is 10.6 Å². The molecule has 4 aromatic rings. The lowest BCUT2D eigenvalue weighted by atomic mass is 10.1. The fourth-order valence-corrected chi connectivity index (χ4v) is 2.85. The average molecular weight is 361 g/mol. The molecule has 0 bridgehead atoms. The predicted molar refractivity (Wildman–Crippen MR) is 102 cm³/mol. The summed E-state index contributed by atoms with van der Waals surface area (Å²) in [6.07, 6.45) is 3.61. The van der Waals surface area contributed by atoms with Crippen LogP contribution in [0.5, 0.6) is 0 Å². The number of hydrogen-bond acceptors (Lipinski definition) is 3. The lowest BCUT2D eigenvalue weighted by Gasteiger charge is -2.09. The monoisotopic (exact) mass is 361 g/mol. The lowest BCUT2D eigenvalue weighted by molar-refractivity contribution is 0.262. The third-order valence-electron chi connectivity index (χ3n) is 4.14. The van der Waals surface area contributed by atoms with Gasteiger partial charge in [0.25, 0.3) is 0 Å². The molecule has 2 N–H and O–H groups in total. The van der Waals surface area contributed by atoms with Gasteiger partial charge in [-0.2, -0.15) is 0 Å². The van der Waals surface area contributed by atoms with Crippen molar-refractivity contribution in [3.8, 4) is 11.3 Å². The number of fused-ring (bicyclic) bond motifs is 1. The van der Waals surface area contributed by atoms with Gasteiger partial charge < -0.3 is 10.6 Å². The molecule has 0 fully saturated rings. The Labute approximate surface area is 154 Å². The van der Waals surface area contributed by atoms with E-state index in [0.717, 1.165) is 17.0 Å². The number of amides is 2. The fraction of sp³-hybridized carbons (Fsp3) is 0.0500. The first-order valence-corrected chi connectivity index (χ1v) is 8.34. The largest absolute Gasteiger partial charge is 0.323 e. The summed E-state index contributed by atoms with van der Waals surface area (Å²) < 4.78 is 14.9. The van der Waals surface area contributed by atoms with E-state index in [9.17, 15) is 9.18 Å². The number of nitrogens with one attached hydrogen (secondary N) is 2. The van der Waals surface area contributed by atoms with Gasteiger partial charge in [0.05, 0.1) is 5.69 Å². The van der Waals surface area contributed by atoms with Crippen LogP contribution in [-0.2, 0) is 0 Å². The number of halogens is 1. The van der Waals surface area contributed by atoms with Crippen LogP contribution in [0.3, 0.4) is 0 Å². The van der Waals surface area contributed by atoms with E-state index >= 15 is 0 Å². The molecule has 0 unspecified atom stereocenters. The Hall–Kier alpha value is -3.74. The number of urea groups is 1. The molecule has 0 radical (unpaired) electrons. The zero-order valence-corrected chi connectivity index (χ0v) is 14.5. The van der Waals surface area contributed by atoms with E-state index in [1.54, 1.807) is 12.3 Å². The molecule has 0 saturated heterocycles. The number of aromatic nitrogens is 3. The van der Waals surface area contributed by atoms with Crippen molar-refractivity contribution < 1.29 is 9.18 Å². The van der Waals surface area contributed by atoms with Gasteiger partial charge >= 0.3 is 6.03 Å². The van der Waals surface area contributed by atoms with E-state index in [1.165, 1.54) is 24.3 Å². The number of carbonyl (C=O) groups is 1. The molecule has 2 aromatic carbocycles. The molecule has 0 aliphatic heterocycles. The zero-order chi connectivity index (χ0) is 18.8. The van der Waals surface area contributed by atoms with Gasteiger partial charge in [0.1, 0.15) is 5.82 Å².